The summed E-state index contributed by atoms with van der Waals surface area (Å²) in [5, 5.41) is 8.91. The van der Waals surface area contributed by atoms with E-state index in [9.17, 15) is 0 Å². The summed E-state index contributed by atoms with van der Waals surface area (Å²) in [5.41, 5.74) is 3.32. The summed E-state index contributed by atoms with van der Waals surface area (Å²) < 4.78 is 0. The van der Waals surface area contributed by atoms with Crippen LogP contribution in [0.4, 0.5) is 11.8 Å². The van der Waals surface area contributed by atoms with Crippen LogP contribution in [-0.2, 0) is 0 Å². The number of aryl methyl sites for hydroxylation is 1. The molecule has 6 nitrogen and oxygen atoms in total. The van der Waals surface area contributed by atoms with E-state index in [2.05, 4.69) is 34.1 Å². The van der Waals surface area contributed by atoms with Crippen molar-refractivity contribution in [3.63, 3.8) is 0 Å². The molecule has 0 aliphatic rings. The maximum atomic E-state index is 8.91. The first-order valence-corrected chi connectivity index (χ1v) is 5.78. The summed E-state index contributed by atoms with van der Waals surface area (Å²) in [7, 11) is 0. The molecule has 0 amide bonds. The van der Waals surface area contributed by atoms with E-state index in [-0.39, 0.29) is 6.61 Å². The largest absolute Gasteiger partial charge is 0.396 e. The number of anilines is 2. The lowest BCUT2D eigenvalue weighted by atomic mass is 10.2. The first-order valence-electron chi connectivity index (χ1n) is 5.78. The normalized spacial score (nSPS) is 10.7. The Bertz CT molecular complexity index is 356. The van der Waals surface area contributed by atoms with Gasteiger partial charge in [0, 0.05) is 31.0 Å². The van der Waals surface area contributed by atoms with E-state index in [1.807, 2.05) is 13.0 Å². The van der Waals surface area contributed by atoms with Crippen LogP contribution in [0.25, 0.3) is 0 Å². The number of nitrogen functional groups attached to an aromatic ring is 1. The zero-order valence-electron chi connectivity index (χ0n) is 10.6. The third-order valence-electron chi connectivity index (χ3n) is 2.44. The van der Waals surface area contributed by atoms with Gasteiger partial charge in [-0.1, -0.05) is 0 Å². The predicted molar refractivity (Wildman–Crippen MR) is 68.8 cm³/mol. The van der Waals surface area contributed by atoms with Gasteiger partial charge in [0.15, 0.2) is 0 Å². The molecule has 96 valence electrons. The molecule has 0 radical (unpaired) electrons. The second kappa shape index (κ2) is 6.36. The van der Waals surface area contributed by atoms with Crippen LogP contribution in [0.5, 0.6) is 0 Å². The van der Waals surface area contributed by atoms with E-state index >= 15 is 0 Å². The van der Waals surface area contributed by atoms with E-state index < -0.39 is 0 Å². The topological polar surface area (TPSA) is 87.3 Å². The zero-order valence-corrected chi connectivity index (χ0v) is 10.6. The molecule has 0 saturated heterocycles. The lowest BCUT2D eigenvalue weighted by Crippen LogP contribution is -2.33. The molecule has 0 saturated carbocycles. The van der Waals surface area contributed by atoms with E-state index in [1.165, 1.54) is 0 Å². The Hall–Kier alpha value is -1.40. The summed E-state index contributed by atoms with van der Waals surface area (Å²) >= 11 is 0. The highest BCUT2D eigenvalue weighted by Crippen LogP contribution is 2.17. The summed E-state index contributed by atoms with van der Waals surface area (Å²) in [6.45, 7) is 7.01. The number of aromatic nitrogens is 2. The van der Waals surface area contributed by atoms with Crippen molar-refractivity contribution in [3.8, 4) is 0 Å². The van der Waals surface area contributed by atoms with Gasteiger partial charge in [-0.2, -0.15) is 4.98 Å². The van der Waals surface area contributed by atoms with Gasteiger partial charge in [0.2, 0.25) is 5.95 Å². The van der Waals surface area contributed by atoms with Gasteiger partial charge >= 0.3 is 0 Å². The number of hydrogen-bond donors (Lipinski definition) is 3. The summed E-state index contributed by atoms with van der Waals surface area (Å²) in [6, 6.07) is 2.22. The number of nitrogens with two attached hydrogens (primary N) is 1. The predicted octanol–water partition coefficient (Wildman–Crippen LogP) is 0.668. The van der Waals surface area contributed by atoms with E-state index in [0.717, 1.165) is 18.1 Å². The molecule has 0 atom stereocenters. The van der Waals surface area contributed by atoms with Crippen molar-refractivity contribution >= 4 is 11.8 Å². The minimum Gasteiger partial charge on any atom is -0.396 e. The number of hydrogen-bond acceptors (Lipinski definition) is 6. The number of nitrogens with one attached hydrogen (secondary N) is 1. The van der Waals surface area contributed by atoms with Crippen LogP contribution in [0, 0.1) is 6.92 Å². The molecule has 0 spiro atoms. The molecule has 0 bridgehead atoms. The molecule has 0 aromatic carbocycles. The summed E-state index contributed by atoms with van der Waals surface area (Å²) in [5.74, 6) is 6.57. The second-order valence-corrected chi connectivity index (χ2v) is 4.20. The van der Waals surface area contributed by atoms with E-state index in [4.69, 9.17) is 10.9 Å². The van der Waals surface area contributed by atoms with Gasteiger partial charge in [-0.25, -0.2) is 10.8 Å². The molecular weight excluding hydrogens is 218 g/mol. The fourth-order valence-corrected chi connectivity index (χ4v) is 1.64. The first-order chi connectivity index (χ1) is 8.08. The van der Waals surface area contributed by atoms with Gasteiger partial charge in [0.25, 0.3) is 0 Å². The van der Waals surface area contributed by atoms with Gasteiger partial charge < -0.3 is 10.0 Å². The number of aliphatic hydroxyl groups excluding tert-OH is 1. The molecule has 1 heterocycles. The van der Waals surface area contributed by atoms with Crippen molar-refractivity contribution in [2.75, 3.05) is 23.5 Å². The van der Waals surface area contributed by atoms with Crippen molar-refractivity contribution in [1.29, 1.82) is 0 Å². The van der Waals surface area contributed by atoms with Gasteiger partial charge in [-0.15, -0.1) is 0 Å². The van der Waals surface area contributed by atoms with Crippen LogP contribution >= 0.6 is 0 Å². The molecule has 1 aromatic heterocycles. The van der Waals surface area contributed by atoms with Crippen LogP contribution in [0.3, 0.4) is 0 Å². The fourth-order valence-electron chi connectivity index (χ4n) is 1.64. The minimum absolute atomic E-state index is 0.176. The summed E-state index contributed by atoms with van der Waals surface area (Å²) in [4.78, 5) is 10.6. The Kier molecular flexibility index (Phi) is 5.11. The quantitative estimate of drug-likeness (QED) is 0.499. The van der Waals surface area contributed by atoms with Crippen molar-refractivity contribution in [2.45, 2.75) is 33.2 Å². The van der Waals surface area contributed by atoms with Crippen LogP contribution in [0.2, 0.25) is 0 Å². The van der Waals surface area contributed by atoms with E-state index in [1.54, 1.807) is 0 Å². The van der Waals surface area contributed by atoms with Crippen LogP contribution < -0.4 is 16.2 Å². The molecule has 0 fully saturated rings. The Morgan fingerprint density at radius 3 is 2.71 bits per heavy atom. The maximum absolute atomic E-state index is 8.91. The van der Waals surface area contributed by atoms with Crippen LogP contribution in [0.1, 0.15) is 26.0 Å². The maximum Gasteiger partial charge on any atom is 0.239 e. The van der Waals surface area contributed by atoms with Crippen LogP contribution in [0.15, 0.2) is 6.07 Å². The average Bonchev–Trinajstić information content (AvgIpc) is 2.28. The van der Waals surface area contributed by atoms with E-state index in [0.29, 0.717) is 18.4 Å². The SMILES string of the molecule is Cc1cc(N(CCCO)C(C)C)nc(NN)n1. The Balaban J connectivity index is 2.96. The number of aliphatic hydroxyl groups is 1. The highest BCUT2D eigenvalue weighted by Gasteiger charge is 2.13. The Morgan fingerprint density at radius 2 is 2.18 bits per heavy atom. The highest BCUT2D eigenvalue weighted by molar-refractivity contribution is 5.45. The zero-order chi connectivity index (χ0) is 12.8. The van der Waals surface area contributed by atoms with Gasteiger partial charge in [0.05, 0.1) is 0 Å². The Labute approximate surface area is 102 Å². The molecule has 0 aliphatic heterocycles. The highest BCUT2D eigenvalue weighted by atomic mass is 16.3. The molecule has 1 aromatic rings. The standard InChI is InChI=1S/C11H21N5O/c1-8(2)16(5-4-6-17)10-7-9(3)13-11(14-10)15-12/h7-8,17H,4-6,12H2,1-3H3,(H,13,14,15). The monoisotopic (exact) mass is 239 g/mol. The van der Waals surface area contributed by atoms with Crippen molar-refractivity contribution in [2.24, 2.45) is 5.84 Å². The van der Waals surface area contributed by atoms with Crippen molar-refractivity contribution in [3.05, 3.63) is 11.8 Å². The lowest BCUT2D eigenvalue weighted by Gasteiger charge is -2.28. The Morgan fingerprint density at radius 1 is 1.47 bits per heavy atom. The third kappa shape index (κ3) is 3.83. The third-order valence-corrected chi connectivity index (χ3v) is 2.44. The molecule has 0 unspecified atom stereocenters. The molecule has 1 rings (SSSR count). The fraction of sp³-hybridized carbons (Fsp3) is 0.636. The van der Waals surface area contributed by atoms with Gasteiger partial charge in [0.1, 0.15) is 5.82 Å². The lowest BCUT2D eigenvalue weighted by molar-refractivity contribution is 0.288. The van der Waals surface area contributed by atoms with Gasteiger partial charge in [-0.3, -0.25) is 5.43 Å². The molecule has 17 heavy (non-hydrogen) atoms. The number of hydrazine groups is 1. The summed E-state index contributed by atoms with van der Waals surface area (Å²) in [6.07, 6.45) is 0.715. The van der Waals surface area contributed by atoms with Crippen LogP contribution in [-0.4, -0.2) is 34.3 Å². The van der Waals surface area contributed by atoms with Crippen molar-refractivity contribution < 1.29 is 5.11 Å². The first kappa shape index (κ1) is 13.7. The number of nitrogens with zero attached hydrogens (tertiary/aromatic N) is 3. The minimum atomic E-state index is 0.176. The van der Waals surface area contributed by atoms with Crippen molar-refractivity contribution in [1.82, 2.24) is 9.97 Å². The smallest absolute Gasteiger partial charge is 0.239 e. The molecule has 0 aliphatic carbocycles. The molecule has 6 heteroatoms. The van der Waals surface area contributed by atoms with Gasteiger partial charge in [-0.05, 0) is 27.2 Å². The second-order valence-electron chi connectivity index (χ2n) is 4.20. The molecular formula is C11H21N5O. The molecule has 4 N–H and O–H groups in total. The number of rotatable bonds is 6. The average molecular weight is 239 g/mol.